The zero-order valence-electron chi connectivity index (χ0n) is 13.7. The van der Waals surface area contributed by atoms with Gasteiger partial charge in [0, 0.05) is 11.1 Å². The summed E-state index contributed by atoms with van der Waals surface area (Å²) in [5, 5.41) is 4.55. The van der Waals surface area contributed by atoms with Crippen LogP contribution in [0, 0.1) is 11.3 Å². The van der Waals surface area contributed by atoms with Crippen molar-refractivity contribution in [2.75, 3.05) is 13.7 Å². The van der Waals surface area contributed by atoms with Crippen LogP contribution in [0.25, 0.3) is 0 Å². The Morgan fingerprint density at radius 2 is 2.19 bits per heavy atom. The first-order valence-electron chi connectivity index (χ1n) is 8.06. The summed E-state index contributed by atoms with van der Waals surface area (Å²) in [7, 11) is 1.68. The first-order chi connectivity index (χ1) is 9.99. The van der Waals surface area contributed by atoms with Crippen LogP contribution in [-0.4, -0.2) is 13.7 Å². The van der Waals surface area contributed by atoms with Crippen LogP contribution in [0.1, 0.15) is 58.1 Å². The molecule has 1 aliphatic rings. The Morgan fingerprint density at radius 1 is 1.43 bits per heavy atom. The van der Waals surface area contributed by atoms with E-state index >= 15 is 0 Å². The maximum atomic E-state index is 6.53. The van der Waals surface area contributed by atoms with Crippen molar-refractivity contribution in [3.63, 3.8) is 0 Å². The quantitative estimate of drug-likeness (QED) is 0.778. The van der Waals surface area contributed by atoms with Crippen LogP contribution < -0.4 is 10.1 Å². The van der Waals surface area contributed by atoms with Gasteiger partial charge in [0.25, 0.3) is 0 Å². The van der Waals surface area contributed by atoms with Gasteiger partial charge < -0.3 is 10.1 Å². The van der Waals surface area contributed by atoms with Crippen LogP contribution in [0.3, 0.4) is 0 Å². The maximum Gasteiger partial charge on any atom is 0.120 e. The molecule has 21 heavy (non-hydrogen) atoms. The van der Waals surface area contributed by atoms with Gasteiger partial charge in [0.05, 0.1) is 7.11 Å². The van der Waals surface area contributed by atoms with Crippen molar-refractivity contribution >= 4 is 11.6 Å². The van der Waals surface area contributed by atoms with Crippen LogP contribution in [0.2, 0.25) is 5.02 Å². The first-order valence-corrected chi connectivity index (χ1v) is 8.44. The lowest BCUT2D eigenvalue weighted by atomic mass is 9.75. The molecule has 1 aromatic rings. The predicted octanol–water partition coefficient (Wildman–Crippen LogP) is 5.22. The van der Waals surface area contributed by atoms with E-state index in [2.05, 4.69) is 32.2 Å². The van der Waals surface area contributed by atoms with E-state index in [1.54, 1.807) is 7.11 Å². The van der Waals surface area contributed by atoms with E-state index in [9.17, 15) is 0 Å². The molecular weight excluding hydrogens is 282 g/mol. The van der Waals surface area contributed by atoms with Crippen molar-refractivity contribution in [3.05, 3.63) is 28.8 Å². The standard InChI is InChI=1S/C18H28ClNO/c1-5-11-20-17(15-7-6-10-18(15,2)3)14-9-8-13(21-4)12-16(14)19/h8-9,12,15,17,20H,5-7,10-11H2,1-4H3. The topological polar surface area (TPSA) is 21.3 Å². The fourth-order valence-corrected chi connectivity index (χ4v) is 3.92. The normalized spacial score (nSPS) is 22.2. The lowest BCUT2D eigenvalue weighted by Gasteiger charge is -2.35. The molecule has 0 saturated heterocycles. The van der Waals surface area contributed by atoms with Gasteiger partial charge in [-0.15, -0.1) is 0 Å². The molecular formula is C18H28ClNO. The Morgan fingerprint density at radius 3 is 2.71 bits per heavy atom. The second-order valence-corrected chi connectivity index (χ2v) is 7.21. The van der Waals surface area contributed by atoms with Gasteiger partial charge in [0.2, 0.25) is 0 Å². The average Bonchev–Trinajstić information content (AvgIpc) is 2.80. The molecule has 0 heterocycles. The van der Waals surface area contributed by atoms with Crippen molar-refractivity contribution in [3.8, 4) is 5.75 Å². The van der Waals surface area contributed by atoms with Crippen LogP contribution in [0.4, 0.5) is 0 Å². The summed E-state index contributed by atoms with van der Waals surface area (Å²) in [6, 6.07) is 6.41. The van der Waals surface area contributed by atoms with Gasteiger partial charge in [-0.25, -0.2) is 0 Å². The lowest BCUT2D eigenvalue weighted by Crippen LogP contribution is -2.34. The third kappa shape index (κ3) is 3.73. The maximum absolute atomic E-state index is 6.53. The van der Waals surface area contributed by atoms with Crippen LogP contribution >= 0.6 is 11.6 Å². The number of benzene rings is 1. The molecule has 2 rings (SSSR count). The number of rotatable bonds is 6. The molecule has 3 heteroatoms. The highest BCUT2D eigenvalue weighted by Crippen LogP contribution is 2.49. The van der Waals surface area contributed by atoms with Crippen molar-refractivity contribution < 1.29 is 4.74 Å². The summed E-state index contributed by atoms with van der Waals surface area (Å²) in [5.74, 6) is 1.46. The summed E-state index contributed by atoms with van der Waals surface area (Å²) in [4.78, 5) is 0. The highest BCUT2D eigenvalue weighted by molar-refractivity contribution is 6.31. The van der Waals surface area contributed by atoms with E-state index in [1.807, 2.05) is 12.1 Å². The molecule has 118 valence electrons. The van der Waals surface area contributed by atoms with Crippen molar-refractivity contribution in [1.29, 1.82) is 0 Å². The Balaban J connectivity index is 2.31. The molecule has 0 spiro atoms. The molecule has 2 nitrogen and oxygen atoms in total. The fraction of sp³-hybridized carbons (Fsp3) is 0.667. The minimum Gasteiger partial charge on any atom is -0.497 e. The number of halogens is 1. The Hall–Kier alpha value is -0.730. The first kappa shape index (κ1) is 16.6. The van der Waals surface area contributed by atoms with E-state index in [1.165, 1.54) is 24.8 Å². The van der Waals surface area contributed by atoms with E-state index in [0.717, 1.165) is 23.7 Å². The van der Waals surface area contributed by atoms with E-state index in [-0.39, 0.29) is 0 Å². The SMILES string of the molecule is CCCNC(c1ccc(OC)cc1Cl)C1CCCC1(C)C. The highest BCUT2D eigenvalue weighted by atomic mass is 35.5. The Labute approximate surface area is 134 Å². The Kier molecular flexibility index (Phi) is 5.56. The molecule has 1 fully saturated rings. The van der Waals surface area contributed by atoms with Gasteiger partial charge >= 0.3 is 0 Å². The summed E-state index contributed by atoms with van der Waals surface area (Å²) < 4.78 is 5.27. The Bertz CT molecular complexity index is 472. The molecule has 2 atom stereocenters. The third-order valence-corrected chi connectivity index (χ3v) is 5.23. The minimum absolute atomic E-state index is 0.334. The van der Waals surface area contributed by atoms with Crippen LogP contribution in [-0.2, 0) is 0 Å². The molecule has 1 N–H and O–H groups in total. The second-order valence-electron chi connectivity index (χ2n) is 6.81. The molecule has 0 aliphatic heterocycles. The zero-order valence-corrected chi connectivity index (χ0v) is 14.5. The number of ether oxygens (including phenoxy) is 1. The number of hydrogen-bond acceptors (Lipinski definition) is 2. The zero-order chi connectivity index (χ0) is 15.5. The van der Waals surface area contributed by atoms with Crippen molar-refractivity contribution in [2.24, 2.45) is 11.3 Å². The molecule has 0 aromatic heterocycles. The van der Waals surface area contributed by atoms with Gasteiger partial charge in [-0.3, -0.25) is 0 Å². The van der Waals surface area contributed by atoms with Crippen LogP contribution in [0.5, 0.6) is 5.75 Å². The summed E-state index contributed by atoms with van der Waals surface area (Å²) in [6.07, 6.45) is 5.03. The van der Waals surface area contributed by atoms with Crippen LogP contribution in [0.15, 0.2) is 18.2 Å². The molecule has 0 amide bonds. The number of nitrogens with one attached hydrogen (secondary N) is 1. The van der Waals surface area contributed by atoms with Crippen molar-refractivity contribution in [2.45, 2.75) is 52.5 Å². The predicted molar refractivity (Wildman–Crippen MR) is 90.2 cm³/mol. The average molecular weight is 310 g/mol. The molecule has 1 aliphatic carbocycles. The summed E-state index contributed by atoms with van der Waals surface area (Å²) in [6.45, 7) is 8.02. The molecule has 2 unspecified atom stereocenters. The van der Waals surface area contributed by atoms with Gasteiger partial charge in [-0.05, 0) is 54.8 Å². The molecule has 1 saturated carbocycles. The van der Waals surface area contributed by atoms with Gasteiger partial charge in [0.1, 0.15) is 5.75 Å². The summed E-state index contributed by atoms with van der Waals surface area (Å²) in [5.41, 5.74) is 1.58. The lowest BCUT2D eigenvalue weighted by molar-refractivity contribution is 0.198. The van der Waals surface area contributed by atoms with E-state index in [0.29, 0.717) is 17.4 Å². The fourth-order valence-electron chi connectivity index (χ4n) is 3.63. The van der Waals surface area contributed by atoms with E-state index in [4.69, 9.17) is 16.3 Å². The molecule has 0 radical (unpaired) electrons. The van der Waals surface area contributed by atoms with Gasteiger partial charge in [-0.2, -0.15) is 0 Å². The minimum atomic E-state index is 0.334. The third-order valence-electron chi connectivity index (χ3n) is 4.90. The van der Waals surface area contributed by atoms with Gasteiger partial charge in [-0.1, -0.05) is 44.9 Å². The van der Waals surface area contributed by atoms with Gasteiger partial charge in [0.15, 0.2) is 0 Å². The largest absolute Gasteiger partial charge is 0.497 e. The number of methoxy groups -OCH3 is 1. The van der Waals surface area contributed by atoms with E-state index < -0.39 is 0 Å². The summed E-state index contributed by atoms with van der Waals surface area (Å²) >= 11 is 6.53. The second kappa shape index (κ2) is 7.02. The molecule has 1 aromatic carbocycles. The number of hydrogen-bond donors (Lipinski definition) is 1. The monoisotopic (exact) mass is 309 g/mol. The smallest absolute Gasteiger partial charge is 0.120 e. The molecule has 0 bridgehead atoms. The highest BCUT2D eigenvalue weighted by Gasteiger charge is 2.40. The van der Waals surface area contributed by atoms with Crippen molar-refractivity contribution in [1.82, 2.24) is 5.32 Å².